The summed E-state index contributed by atoms with van der Waals surface area (Å²) in [7, 11) is -3.79. The monoisotopic (exact) mass is 232 g/mol. The van der Waals surface area contributed by atoms with E-state index in [1.165, 1.54) is 18.2 Å². The van der Waals surface area contributed by atoms with E-state index in [4.69, 9.17) is 5.14 Å². The second kappa shape index (κ2) is 2.97. The van der Waals surface area contributed by atoms with Gasteiger partial charge in [0.15, 0.2) is 0 Å². The van der Waals surface area contributed by atoms with Crippen LogP contribution < -0.4 is 5.14 Å². The zero-order chi connectivity index (χ0) is 10.3. The first-order valence-corrected chi connectivity index (χ1v) is 5.92. The molecule has 74 valence electrons. The number of rotatable bonds is 1. The highest BCUT2D eigenvalue weighted by molar-refractivity contribution is 7.91. The van der Waals surface area contributed by atoms with Gasteiger partial charge in [-0.3, -0.25) is 0 Å². The molecule has 1 aromatic heterocycles. The molecule has 1 aromatic carbocycles. The van der Waals surface area contributed by atoms with Crippen LogP contribution in [-0.2, 0) is 10.0 Å². The summed E-state index contributed by atoms with van der Waals surface area (Å²) in [6.07, 6.45) is 0. The summed E-state index contributed by atoms with van der Waals surface area (Å²) in [4.78, 5) is 3.76. The van der Waals surface area contributed by atoms with Crippen LogP contribution >= 0.6 is 11.3 Å². The van der Waals surface area contributed by atoms with Gasteiger partial charge >= 0.3 is 0 Å². The molecule has 2 N–H and O–H groups in total. The summed E-state index contributed by atoms with van der Waals surface area (Å²) in [6, 6.07) is 3.85. The van der Waals surface area contributed by atoms with E-state index in [1.54, 1.807) is 0 Å². The molecule has 0 saturated heterocycles. The van der Waals surface area contributed by atoms with Crippen LogP contribution in [0.25, 0.3) is 10.2 Å². The molecular formula is C7H5FN2O2S2. The summed E-state index contributed by atoms with van der Waals surface area (Å²) >= 11 is 0.854. The van der Waals surface area contributed by atoms with Gasteiger partial charge in [-0.25, -0.2) is 22.9 Å². The van der Waals surface area contributed by atoms with Crippen molar-refractivity contribution >= 4 is 31.6 Å². The molecule has 0 fully saturated rings. The SMILES string of the molecule is NS(=O)(=O)c1nc2ccc(F)cc2s1. The Morgan fingerprint density at radius 3 is 2.79 bits per heavy atom. The quantitative estimate of drug-likeness (QED) is 0.799. The molecule has 0 unspecified atom stereocenters. The number of hydrogen-bond acceptors (Lipinski definition) is 4. The van der Waals surface area contributed by atoms with Crippen LogP contribution in [-0.4, -0.2) is 13.4 Å². The third-order valence-electron chi connectivity index (χ3n) is 1.57. The predicted octanol–water partition coefficient (Wildman–Crippen LogP) is 1.08. The molecule has 0 aliphatic rings. The minimum Gasteiger partial charge on any atom is -0.224 e. The molecule has 0 atom stereocenters. The van der Waals surface area contributed by atoms with Crippen molar-refractivity contribution in [1.82, 2.24) is 4.98 Å². The van der Waals surface area contributed by atoms with Crippen molar-refractivity contribution in [2.24, 2.45) is 5.14 Å². The zero-order valence-electron chi connectivity index (χ0n) is 6.77. The highest BCUT2D eigenvalue weighted by Gasteiger charge is 2.14. The lowest BCUT2D eigenvalue weighted by atomic mass is 10.3. The van der Waals surface area contributed by atoms with Crippen LogP contribution in [0.4, 0.5) is 4.39 Å². The first-order chi connectivity index (χ1) is 6.47. The highest BCUT2D eigenvalue weighted by atomic mass is 32.2. The van der Waals surface area contributed by atoms with Gasteiger partial charge in [-0.1, -0.05) is 0 Å². The average Bonchev–Trinajstić information content (AvgIpc) is 2.45. The maximum Gasteiger partial charge on any atom is 0.265 e. The molecule has 2 rings (SSSR count). The molecule has 0 radical (unpaired) electrons. The van der Waals surface area contributed by atoms with E-state index < -0.39 is 15.8 Å². The maximum atomic E-state index is 12.7. The Labute approximate surface area is 83.2 Å². The second-order valence-electron chi connectivity index (χ2n) is 2.64. The number of nitrogens with zero attached hydrogens (tertiary/aromatic N) is 1. The van der Waals surface area contributed by atoms with Gasteiger partial charge in [0.25, 0.3) is 10.0 Å². The van der Waals surface area contributed by atoms with Gasteiger partial charge in [-0.15, -0.1) is 11.3 Å². The largest absolute Gasteiger partial charge is 0.265 e. The fourth-order valence-corrected chi connectivity index (χ4v) is 2.68. The Morgan fingerprint density at radius 2 is 2.14 bits per heavy atom. The molecule has 1 heterocycles. The molecule has 0 saturated carbocycles. The lowest BCUT2D eigenvalue weighted by Crippen LogP contribution is -2.11. The minimum atomic E-state index is -3.79. The van der Waals surface area contributed by atoms with E-state index in [9.17, 15) is 12.8 Å². The third-order valence-corrected chi connectivity index (χ3v) is 3.91. The second-order valence-corrected chi connectivity index (χ2v) is 5.40. The number of fused-ring (bicyclic) bond motifs is 1. The van der Waals surface area contributed by atoms with E-state index in [1.807, 2.05) is 0 Å². The number of benzene rings is 1. The van der Waals surface area contributed by atoms with Crippen molar-refractivity contribution in [3.05, 3.63) is 24.0 Å². The van der Waals surface area contributed by atoms with Crippen LogP contribution in [0.1, 0.15) is 0 Å². The standard InChI is InChI=1S/C7H5FN2O2S2/c8-4-1-2-5-6(3-4)13-7(10-5)14(9,11)12/h1-3H,(H2,9,11,12). The zero-order valence-corrected chi connectivity index (χ0v) is 8.40. The molecular weight excluding hydrogens is 227 g/mol. The number of nitrogens with two attached hydrogens (primary N) is 1. The van der Waals surface area contributed by atoms with Gasteiger partial charge in [0.05, 0.1) is 10.2 Å². The van der Waals surface area contributed by atoms with Crippen molar-refractivity contribution < 1.29 is 12.8 Å². The lowest BCUT2D eigenvalue weighted by Gasteiger charge is -1.85. The van der Waals surface area contributed by atoms with Crippen LogP contribution in [0, 0.1) is 5.82 Å². The number of halogens is 1. The molecule has 7 heteroatoms. The summed E-state index contributed by atoms with van der Waals surface area (Å²) < 4.78 is 34.8. The van der Waals surface area contributed by atoms with E-state index in [-0.39, 0.29) is 4.34 Å². The highest BCUT2D eigenvalue weighted by Crippen LogP contribution is 2.24. The van der Waals surface area contributed by atoms with Crippen molar-refractivity contribution in [1.29, 1.82) is 0 Å². The number of sulfonamides is 1. The molecule has 14 heavy (non-hydrogen) atoms. The Hall–Kier alpha value is -1.05. The molecule has 0 aliphatic carbocycles. The number of aromatic nitrogens is 1. The van der Waals surface area contributed by atoms with E-state index in [0.717, 1.165) is 11.3 Å². The fourth-order valence-electron chi connectivity index (χ4n) is 0.999. The van der Waals surface area contributed by atoms with E-state index in [2.05, 4.69) is 4.98 Å². The van der Waals surface area contributed by atoms with E-state index in [0.29, 0.717) is 10.2 Å². The van der Waals surface area contributed by atoms with E-state index >= 15 is 0 Å². The Morgan fingerprint density at radius 1 is 1.43 bits per heavy atom. The van der Waals surface area contributed by atoms with Crippen LogP contribution in [0.5, 0.6) is 0 Å². The third kappa shape index (κ3) is 1.61. The smallest absolute Gasteiger partial charge is 0.224 e. The normalized spacial score (nSPS) is 12.1. The average molecular weight is 232 g/mol. The van der Waals surface area contributed by atoms with Crippen molar-refractivity contribution in [3.8, 4) is 0 Å². The Balaban J connectivity index is 2.75. The first-order valence-electron chi connectivity index (χ1n) is 3.56. The van der Waals surface area contributed by atoms with Gasteiger partial charge in [-0.05, 0) is 18.2 Å². The van der Waals surface area contributed by atoms with Gasteiger partial charge < -0.3 is 0 Å². The number of thiazole rings is 1. The molecule has 0 amide bonds. The van der Waals surface area contributed by atoms with Crippen LogP contribution in [0.2, 0.25) is 0 Å². The van der Waals surface area contributed by atoms with Crippen molar-refractivity contribution in [2.45, 2.75) is 4.34 Å². The molecule has 4 nitrogen and oxygen atoms in total. The van der Waals surface area contributed by atoms with Gasteiger partial charge in [-0.2, -0.15) is 0 Å². The van der Waals surface area contributed by atoms with Crippen molar-refractivity contribution in [3.63, 3.8) is 0 Å². The van der Waals surface area contributed by atoms with Gasteiger partial charge in [0, 0.05) is 0 Å². The van der Waals surface area contributed by atoms with Gasteiger partial charge in [0.1, 0.15) is 5.82 Å². The summed E-state index contributed by atoms with van der Waals surface area (Å²) in [5.74, 6) is -0.429. The van der Waals surface area contributed by atoms with Crippen molar-refractivity contribution in [2.75, 3.05) is 0 Å². The summed E-state index contributed by atoms with van der Waals surface area (Å²) in [5, 5.41) is 4.89. The van der Waals surface area contributed by atoms with Crippen LogP contribution in [0.15, 0.2) is 22.5 Å². The Kier molecular flexibility index (Phi) is 2.02. The topological polar surface area (TPSA) is 73.1 Å². The van der Waals surface area contributed by atoms with Gasteiger partial charge in [0.2, 0.25) is 4.34 Å². The fraction of sp³-hybridized carbons (Fsp3) is 0. The number of hydrogen-bond donors (Lipinski definition) is 1. The Bertz CT molecular complexity index is 591. The van der Waals surface area contributed by atoms with Crippen LogP contribution in [0.3, 0.4) is 0 Å². The summed E-state index contributed by atoms with van der Waals surface area (Å²) in [5.41, 5.74) is 0.431. The number of primary sulfonamides is 1. The first kappa shape index (κ1) is 9.50. The molecule has 0 spiro atoms. The lowest BCUT2D eigenvalue weighted by molar-refractivity contribution is 0.597. The molecule has 0 bridgehead atoms. The minimum absolute atomic E-state index is 0.196. The summed E-state index contributed by atoms with van der Waals surface area (Å²) in [6.45, 7) is 0. The molecule has 2 aromatic rings. The molecule has 0 aliphatic heterocycles. The predicted molar refractivity (Wildman–Crippen MR) is 51.0 cm³/mol. The maximum absolute atomic E-state index is 12.7.